The molecule has 0 N–H and O–H groups in total. The van der Waals surface area contributed by atoms with Gasteiger partial charge in [-0.3, -0.25) is 9.59 Å². The second kappa shape index (κ2) is 6.98. The molecule has 1 atom stereocenters. The summed E-state index contributed by atoms with van der Waals surface area (Å²) in [6, 6.07) is 0. The number of carbonyl (C=O) groups excluding carboxylic acids is 3. The average Bonchev–Trinajstić information content (AvgIpc) is 2.21. The van der Waals surface area contributed by atoms with Crippen LogP contribution in [0.15, 0.2) is 0 Å². The van der Waals surface area contributed by atoms with Gasteiger partial charge in [-0.05, 0) is 12.8 Å². The zero-order valence-electron chi connectivity index (χ0n) is 9.24. The average molecular weight is 216 g/mol. The first-order valence-corrected chi connectivity index (χ1v) is 4.79. The zero-order valence-corrected chi connectivity index (χ0v) is 9.24. The molecule has 0 aliphatic heterocycles. The van der Waals surface area contributed by atoms with Crippen molar-refractivity contribution in [2.24, 2.45) is 0 Å². The van der Waals surface area contributed by atoms with Crippen molar-refractivity contribution < 1.29 is 23.9 Å². The molecule has 0 aliphatic carbocycles. The van der Waals surface area contributed by atoms with Gasteiger partial charge in [0.1, 0.15) is 6.10 Å². The molecule has 5 nitrogen and oxygen atoms in total. The van der Waals surface area contributed by atoms with E-state index in [-0.39, 0.29) is 18.5 Å². The van der Waals surface area contributed by atoms with Gasteiger partial charge >= 0.3 is 11.9 Å². The lowest BCUT2D eigenvalue weighted by Crippen LogP contribution is -2.20. The van der Waals surface area contributed by atoms with Crippen LogP contribution in [0.5, 0.6) is 0 Å². The molecule has 0 amide bonds. The lowest BCUT2D eigenvalue weighted by atomic mass is 10.1. The third kappa shape index (κ3) is 5.83. The van der Waals surface area contributed by atoms with Crippen LogP contribution < -0.4 is 0 Å². The summed E-state index contributed by atoms with van der Waals surface area (Å²) < 4.78 is 9.18. The van der Waals surface area contributed by atoms with E-state index >= 15 is 0 Å². The number of rotatable bonds is 6. The molecule has 15 heavy (non-hydrogen) atoms. The van der Waals surface area contributed by atoms with Crippen LogP contribution in [0.3, 0.4) is 0 Å². The summed E-state index contributed by atoms with van der Waals surface area (Å²) in [6.07, 6.45) is 0.701. The van der Waals surface area contributed by atoms with Crippen LogP contribution in [0.2, 0.25) is 0 Å². The Morgan fingerprint density at radius 1 is 1.27 bits per heavy atom. The first-order valence-electron chi connectivity index (χ1n) is 4.79. The Kier molecular flexibility index (Phi) is 6.33. The molecule has 0 saturated carbocycles. The van der Waals surface area contributed by atoms with E-state index in [0.717, 1.165) is 7.11 Å². The summed E-state index contributed by atoms with van der Waals surface area (Å²) in [6.45, 7) is 3.15. The Balaban J connectivity index is 3.95. The Hall–Kier alpha value is -1.39. The Bertz CT molecular complexity index is 246. The topological polar surface area (TPSA) is 69.7 Å². The highest BCUT2D eigenvalue weighted by atomic mass is 16.5. The van der Waals surface area contributed by atoms with Gasteiger partial charge in [-0.25, -0.2) is 4.79 Å². The van der Waals surface area contributed by atoms with E-state index in [0.29, 0.717) is 12.8 Å². The van der Waals surface area contributed by atoms with Gasteiger partial charge in [0.2, 0.25) is 5.78 Å². The van der Waals surface area contributed by atoms with E-state index in [1.54, 1.807) is 0 Å². The third-order valence-electron chi connectivity index (χ3n) is 1.89. The van der Waals surface area contributed by atoms with Gasteiger partial charge in [-0.1, -0.05) is 6.92 Å². The number of hydrogen-bond acceptors (Lipinski definition) is 5. The molecule has 1 unspecified atom stereocenters. The van der Waals surface area contributed by atoms with Crippen LogP contribution in [0.1, 0.15) is 33.1 Å². The second-order valence-corrected chi connectivity index (χ2v) is 3.09. The van der Waals surface area contributed by atoms with E-state index in [2.05, 4.69) is 4.74 Å². The van der Waals surface area contributed by atoms with E-state index in [9.17, 15) is 14.4 Å². The third-order valence-corrected chi connectivity index (χ3v) is 1.89. The summed E-state index contributed by atoms with van der Waals surface area (Å²) in [5.41, 5.74) is 0. The number of hydrogen-bond donors (Lipinski definition) is 0. The van der Waals surface area contributed by atoms with E-state index in [1.165, 1.54) is 6.92 Å². The van der Waals surface area contributed by atoms with Crippen LogP contribution in [-0.2, 0) is 23.9 Å². The molecule has 0 spiro atoms. The fourth-order valence-corrected chi connectivity index (χ4v) is 1.09. The molecule has 0 aromatic heterocycles. The molecule has 0 radical (unpaired) electrons. The highest BCUT2D eigenvalue weighted by Gasteiger charge is 2.17. The van der Waals surface area contributed by atoms with Gasteiger partial charge in [0.05, 0.1) is 7.11 Å². The number of methoxy groups -OCH3 is 1. The summed E-state index contributed by atoms with van der Waals surface area (Å²) >= 11 is 0. The second-order valence-electron chi connectivity index (χ2n) is 3.09. The van der Waals surface area contributed by atoms with Crippen LogP contribution >= 0.6 is 0 Å². The monoisotopic (exact) mass is 216 g/mol. The molecule has 5 heteroatoms. The van der Waals surface area contributed by atoms with Crippen molar-refractivity contribution in [3.8, 4) is 0 Å². The van der Waals surface area contributed by atoms with Crippen molar-refractivity contribution in [2.75, 3.05) is 7.11 Å². The molecular weight excluding hydrogens is 200 g/mol. The molecule has 86 valence electrons. The van der Waals surface area contributed by atoms with Gasteiger partial charge in [0, 0.05) is 13.3 Å². The first-order chi connectivity index (χ1) is 7.01. The molecule has 0 rings (SSSR count). The fraction of sp³-hybridized carbons (Fsp3) is 0.700. The minimum absolute atomic E-state index is 0.0401. The van der Waals surface area contributed by atoms with Gasteiger partial charge in [-0.2, -0.15) is 0 Å². The summed E-state index contributed by atoms with van der Waals surface area (Å²) in [5.74, 6) is -1.83. The molecular formula is C10H16O5. The van der Waals surface area contributed by atoms with Crippen LogP contribution in [-0.4, -0.2) is 30.9 Å². The number of carbonyl (C=O) groups is 3. The number of Topliss-reactive ketones (excluding diaryl/α,β-unsaturated/α-hetero) is 1. The number of ether oxygens (including phenoxy) is 2. The predicted molar refractivity (Wildman–Crippen MR) is 52.1 cm³/mol. The predicted octanol–water partition coefficient (Wildman–Crippen LogP) is 0.850. The summed E-state index contributed by atoms with van der Waals surface area (Å²) in [4.78, 5) is 32.5. The molecule has 0 bridgehead atoms. The fourth-order valence-electron chi connectivity index (χ4n) is 1.09. The Morgan fingerprint density at radius 2 is 1.87 bits per heavy atom. The highest BCUT2D eigenvalue weighted by molar-refractivity contribution is 6.33. The van der Waals surface area contributed by atoms with Crippen molar-refractivity contribution in [3.05, 3.63) is 0 Å². The smallest absolute Gasteiger partial charge is 0.374 e. The normalized spacial score (nSPS) is 11.7. The van der Waals surface area contributed by atoms with Crippen molar-refractivity contribution in [1.29, 1.82) is 0 Å². The maximum Gasteiger partial charge on any atom is 0.374 e. The maximum absolute atomic E-state index is 11.1. The summed E-state index contributed by atoms with van der Waals surface area (Å²) in [5, 5.41) is 0. The van der Waals surface area contributed by atoms with E-state index < -0.39 is 11.8 Å². The van der Waals surface area contributed by atoms with Crippen LogP contribution in [0, 0.1) is 0 Å². The van der Waals surface area contributed by atoms with Gasteiger partial charge in [0.15, 0.2) is 0 Å². The quantitative estimate of drug-likeness (QED) is 0.486. The lowest BCUT2D eigenvalue weighted by Gasteiger charge is -2.13. The number of esters is 2. The van der Waals surface area contributed by atoms with Gasteiger partial charge < -0.3 is 9.47 Å². The lowest BCUT2D eigenvalue weighted by molar-refractivity contribution is -0.152. The largest absolute Gasteiger partial charge is 0.463 e. The maximum atomic E-state index is 11.1. The highest BCUT2D eigenvalue weighted by Crippen LogP contribution is 2.07. The molecule has 0 aromatic carbocycles. The standard InChI is InChI=1S/C10H16O5/c1-4-8(15-7(2)11)5-6-9(12)10(13)14-3/h8H,4-6H2,1-3H3. The van der Waals surface area contributed by atoms with Crippen molar-refractivity contribution in [2.45, 2.75) is 39.2 Å². The number of ketones is 1. The van der Waals surface area contributed by atoms with Crippen molar-refractivity contribution in [3.63, 3.8) is 0 Å². The molecule has 0 aliphatic rings. The Morgan fingerprint density at radius 3 is 2.27 bits per heavy atom. The van der Waals surface area contributed by atoms with Gasteiger partial charge in [-0.15, -0.1) is 0 Å². The van der Waals surface area contributed by atoms with Crippen LogP contribution in [0.25, 0.3) is 0 Å². The van der Waals surface area contributed by atoms with E-state index in [1.807, 2.05) is 6.92 Å². The molecule has 0 heterocycles. The summed E-state index contributed by atoms with van der Waals surface area (Å²) in [7, 11) is 1.16. The Labute approximate surface area is 88.7 Å². The minimum Gasteiger partial charge on any atom is -0.463 e. The zero-order chi connectivity index (χ0) is 11.8. The SMILES string of the molecule is CCC(CCC(=O)C(=O)OC)OC(C)=O. The molecule has 0 aromatic rings. The first kappa shape index (κ1) is 13.6. The van der Waals surface area contributed by atoms with Gasteiger partial charge in [0.25, 0.3) is 0 Å². The van der Waals surface area contributed by atoms with Crippen LogP contribution in [0.4, 0.5) is 0 Å². The molecule has 0 fully saturated rings. The van der Waals surface area contributed by atoms with Crippen molar-refractivity contribution in [1.82, 2.24) is 0 Å². The van der Waals surface area contributed by atoms with E-state index in [4.69, 9.17) is 4.74 Å². The minimum atomic E-state index is -0.854. The van der Waals surface area contributed by atoms with Crippen molar-refractivity contribution >= 4 is 17.7 Å². The molecule has 0 saturated heterocycles.